The van der Waals surface area contributed by atoms with Crippen LogP contribution in [-0.2, 0) is 6.42 Å². The molecular formula is C16H28N2. The number of hydrazine groups is 1. The second-order valence-electron chi connectivity index (χ2n) is 5.69. The first-order chi connectivity index (χ1) is 8.47. The highest BCUT2D eigenvalue weighted by Gasteiger charge is 2.14. The molecule has 1 aromatic rings. The van der Waals surface area contributed by atoms with Crippen molar-refractivity contribution in [3.05, 3.63) is 34.4 Å². The fourth-order valence-corrected chi connectivity index (χ4v) is 2.64. The zero-order valence-corrected chi connectivity index (χ0v) is 12.5. The molecule has 0 heterocycles. The molecule has 0 aliphatic heterocycles. The summed E-state index contributed by atoms with van der Waals surface area (Å²) in [5, 5.41) is 0. The van der Waals surface area contributed by atoms with Crippen LogP contribution in [-0.4, -0.2) is 6.04 Å². The summed E-state index contributed by atoms with van der Waals surface area (Å²) in [5.74, 6) is 6.42. The van der Waals surface area contributed by atoms with Crippen molar-refractivity contribution in [1.82, 2.24) is 5.43 Å². The summed E-state index contributed by atoms with van der Waals surface area (Å²) in [6.45, 7) is 11.1. The number of benzene rings is 1. The maximum atomic E-state index is 5.70. The zero-order valence-electron chi connectivity index (χ0n) is 12.5. The Morgan fingerprint density at radius 1 is 1.17 bits per heavy atom. The molecule has 0 saturated carbocycles. The van der Waals surface area contributed by atoms with Gasteiger partial charge in [0.25, 0.3) is 0 Å². The first kappa shape index (κ1) is 15.2. The molecule has 0 bridgehead atoms. The number of aryl methyl sites for hydroxylation is 3. The number of rotatable bonds is 6. The lowest BCUT2D eigenvalue weighted by Crippen LogP contribution is -2.38. The topological polar surface area (TPSA) is 38.0 Å². The highest BCUT2D eigenvalue weighted by atomic mass is 15.2. The predicted molar refractivity (Wildman–Crippen MR) is 79.5 cm³/mol. The van der Waals surface area contributed by atoms with E-state index in [-0.39, 0.29) is 0 Å². The van der Waals surface area contributed by atoms with E-state index >= 15 is 0 Å². The summed E-state index contributed by atoms with van der Waals surface area (Å²) < 4.78 is 0. The van der Waals surface area contributed by atoms with E-state index in [0.29, 0.717) is 6.04 Å². The van der Waals surface area contributed by atoms with Crippen LogP contribution in [0, 0.1) is 26.7 Å². The van der Waals surface area contributed by atoms with Gasteiger partial charge in [0, 0.05) is 6.04 Å². The summed E-state index contributed by atoms with van der Waals surface area (Å²) >= 11 is 0. The zero-order chi connectivity index (χ0) is 13.7. The van der Waals surface area contributed by atoms with Gasteiger partial charge in [0.05, 0.1) is 0 Å². The fourth-order valence-electron chi connectivity index (χ4n) is 2.64. The highest BCUT2D eigenvalue weighted by molar-refractivity contribution is 5.38. The normalized spacial score (nSPS) is 14.6. The Balaban J connectivity index is 2.82. The third-order valence-corrected chi connectivity index (χ3v) is 3.91. The van der Waals surface area contributed by atoms with Crippen LogP contribution in [0.4, 0.5) is 0 Å². The van der Waals surface area contributed by atoms with Gasteiger partial charge in [-0.2, -0.15) is 0 Å². The first-order valence-corrected chi connectivity index (χ1v) is 7.00. The van der Waals surface area contributed by atoms with Crippen LogP contribution in [0.1, 0.15) is 48.9 Å². The second-order valence-corrected chi connectivity index (χ2v) is 5.69. The van der Waals surface area contributed by atoms with Gasteiger partial charge in [-0.3, -0.25) is 11.3 Å². The molecule has 1 aromatic carbocycles. The van der Waals surface area contributed by atoms with E-state index in [2.05, 4.69) is 52.2 Å². The average Bonchev–Trinajstić information content (AvgIpc) is 2.31. The van der Waals surface area contributed by atoms with Crippen LogP contribution in [0.25, 0.3) is 0 Å². The summed E-state index contributed by atoms with van der Waals surface area (Å²) in [5.41, 5.74) is 8.55. The molecule has 2 unspecified atom stereocenters. The van der Waals surface area contributed by atoms with Gasteiger partial charge >= 0.3 is 0 Å². The summed E-state index contributed by atoms with van der Waals surface area (Å²) in [6.07, 6.45) is 3.38. The highest BCUT2D eigenvalue weighted by Crippen LogP contribution is 2.20. The van der Waals surface area contributed by atoms with E-state index in [1.165, 1.54) is 28.7 Å². The molecule has 1 rings (SSSR count). The Kier molecular flexibility index (Phi) is 5.83. The summed E-state index contributed by atoms with van der Waals surface area (Å²) in [4.78, 5) is 0. The van der Waals surface area contributed by atoms with Crippen molar-refractivity contribution >= 4 is 0 Å². The molecule has 0 spiro atoms. The van der Waals surface area contributed by atoms with Crippen molar-refractivity contribution in [3.8, 4) is 0 Å². The van der Waals surface area contributed by atoms with Crippen molar-refractivity contribution in [2.24, 2.45) is 11.8 Å². The van der Waals surface area contributed by atoms with Crippen LogP contribution in [0.3, 0.4) is 0 Å². The van der Waals surface area contributed by atoms with Gasteiger partial charge in [-0.05, 0) is 56.2 Å². The molecule has 0 aliphatic carbocycles. The Morgan fingerprint density at radius 3 is 2.17 bits per heavy atom. The van der Waals surface area contributed by atoms with Gasteiger partial charge in [-0.25, -0.2) is 0 Å². The number of hydrogen-bond donors (Lipinski definition) is 2. The molecule has 3 N–H and O–H groups in total. The van der Waals surface area contributed by atoms with Crippen LogP contribution in [0.5, 0.6) is 0 Å². The molecular weight excluding hydrogens is 220 g/mol. The largest absolute Gasteiger partial charge is 0.271 e. The molecule has 2 atom stereocenters. The lowest BCUT2D eigenvalue weighted by Gasteiger charge is -2.22. The maximum Gasteiger partial charge on any atom is 0.0253 e. The van der Waals surface area contributed by atoms with Crippen molar-refractivity contribution in [2.45, 2.75) is 59.9 Å². The lowest BCUT2D eigenvalue weighted by atomic mass is 9.90. The molecule has 0 fully saturated rings. The van der Waals surface area contributed by atoms with Crippen molar-refractivity contribution < 1.29 is 0 Å². The van der Waals surface area contributed by atoms with Crippen LogP contribution in [0.2, 0.25) is 0 Å². The van der Waals surface area contributed by atoms with Crippen LogP contribution >= 0.6 is 0 Å². The van der Waals surface area contributed by atoms with E-state index < -0.39 is 0 Å². The molecule has 0 saturated heterocycles. The van der Waals surface area contributed by atoms with Gasteiger partial charge in [0.2, 0.25) is 0 Å². The summed E-state index contributed by atoms with van der Waals surface area (Å²) in [7, 11) is 0. The Hall–Kier alpha value is -0.860. The van der Waals surface area contributed by atoms with E-state index in [0.717, 1.165) is 18.8 Å². The van der Waals surface area contributed by atoms with Gasteiger partial charge in [-0.15, -0.1) is 0 Å². The van der Waals surface area contributed by atoms with Crippen LogP contribution < -0.4 is 11.3 Å². The van der Waals surface area contributed by atoms with E-state index in [4.69, 9.17) is 5.84 Å². The molecule has 18 heavy (non-hydrogen) atoms. The average molecular weight is 248 g/mol. The molecule has 2 heteroatoms. The summed E-state index contributed by atoms with van der Waals surface area (Å²) in [6, 6.07) is 4.90. The maximum absolute atomic E-state index is 5.70. The molecule has 0 aliphatic rings. The van der Waals surface area contributed by atoms with Gasteiger partial charge in [-0.1, -0.05) is 38.0 Å². The standard InChI is InChI=1S/C16H28N2/c1-6-11(2)9-15(18-17)10-16-13(4)7-12(3)8-14(16)5/h7-8,11,15,18H,6,9-10,17H2,1-5H3. The minimum absolute atomic E-state index is 0.375. The third-order valence-electron chi connectivity index (χ3n) is 3.91. The van der Waals surface area contributed by atoms with Crippen molar-refractivity contribution in [1.29, 1.82) is 0 Å². The minimum atomic E-state index is 0.375. The second kappa shape index (κ2) is 6.91. The SMILES string of the molecule is CCC(C)CC(Cc1c(C)cc(C)cc1C)NN. The number of hydrogen-bond acceptors (Lipinski definition) is 2. The Labute approximate surface area is 112 Å². The number of nitrogens with two attached hydrogens (primary N) is 1. The number of nitrogens with one attached hydrogen (secondary N) is 1. The van der Waals surface area contributed by atoms with Gasteiger partial charge < -0.3 is 0 Å². The molecule has 2 nitrogen and oxygen atoms in total. The lowest BCUT2D eigenvalue weighted by molar-refractivity contribution is 0.396. The van der Waals surface area contributed by atoms with Crippen molar-refractivity contribution in [3.63, 3.8) is 0 Å². The minimum Gasteiger partial charge on any atom is -0.271 e. The van der Waals surface area contributed by atoms with Crippen molar-refractivity contribution in [2.75, 3.05) is 0 Å². The van der Waals surface area contributed by atoms with Crippen LogP contribution in [0.15, 0.2) is 12.1 Å². The van der Waals surface area contributed by atoms with E-state index in [1.807, 2.05) is 0 Å². The monoisotopic (exact) mass is 248 g/mol. The smallest absolute Gasteiger partial charge is 0.0253 e. The first-order valence-electron chi connectivity index (χ1n) is 7.00. The van der Waals surface area contributed by atoms with Gasteiger partial charge in [0.1, 0.15) is 0 Å². The quantitative estimate of drug-likeness (QED) is 0.598. The van der Waals surface area contributed by atoms with Gasteiger partial charge in [0.15, 0.2) is 0 Å². The Bertz CT molecular complexity index is 362. The molecule has 0 radical (unpaired) electrons. The fraction of sp³-hybridized carbons (Fsp3) is 0.625. The molecule has 102 valence electrons. The Morgan fingerprint density at radius 2 is 1.72 bits per heavy atom. The van der Waals surface area contributed by atoms with E-state index in [1.54, 1.807) is 0 Å². The molecule has 0 amide bonds. The van der Waals surface area contributed by atoms with E-state index in [9.17, 15) is 0 Å². The molecule has 0 aromatic heterocycles. The predicted octanol–water partition coefficient (Wildman–Crippen LogP) is 3.42. The third kappa shape index (κ3) is 4.11.